The molecular weight excluding hydrogens is 329 g/mol. The van der Waals surface area contributed by atoms with Crippen LogP contribution in [0, 0.1) is 0 Å². The van der Waals surface area contributed by atoms with Crippen LogP contribution in [0.4, 0.5) is 13.2 Å². The summed E-state index contributed by atoms with van der Waals surface area (Å²) in [6.07, 6.45) is -3.02. The number of alkyl halides is 3. The molecule has 1 aliphatic rings. The summed E-state index contributed by atoms with van der Waals surface area (Å²) in [4.78, 5) is 11.6. The van der Waals surface area contributed by atoms with E-state index in [2.05, 4.69) is 0 Å². The van der Waals surface area contributed by atoms with Gasteiger partial charge in [0.2, 0.25) is 5.91 Å². The summed E-state index contributed by atoms with van der Waals surface area (Å²) in [5, 5.41) is 0. The van der Waals surface area contributed by atoms with Gasteiger partial charge in [-0.05, 0) is 42.0 Å². The van der Waals surface area contributed by atoms with Gasteiger partial charge < -0.3 is 11.5 Å². The maximum Gasteiger partial charge on any atom is 0.410 e. The van der Waals surface area contributed by atoms with Crippen LogP contribution in [0.3, 0.4) is 0 Å². The summed E-state index contributed by atoms with van der Waals surface area (Å²) in [5.41, 5.74) is 10.5. The predicted octanol–water partition coefficient (Wildman–Crippen LogP) is 3.61. The lowest BCUT2D eigenvalue weighted by Gasteiger charge is -2.28. The zero-order valence-corrected chi connectivity index (χ0v) is 13.7. The van der Waals surface area contributed by atoms with Crippen molar-refractivity contribution in [1.29, 1.82) is 0 Å². The molecule has 0 aliphatic heterocycles. The van der Waals surface area contributed by atoms with Crippen LogP contribution in [-0.4, -0.2) is 12.1 Å². The standard InChI is InChI=1S/C19H19F3N2O/c1-17(24,19(20,21)22)14-6-2-12(3-7-14)13-4-8-15(9-5-13)18(10-11-18)16(23)25/h2-9H,10-11,24H2,1H3,(H2,23,25)/t17-/m1/s1. The lowest BCUT2D eigenvalue weighted by atomic mass is 9.90. The van der Waals surface area contributed by atoms with E-state index in [4.69, 9.17) is 11.5 Å². The zero-order chi connectivity index (χ0) is 18.5. The second kappa shape index (κ2) is 5.59. The van der Waals surface area contributed by atoms with E-state index in [-0.39, 0.29) is 11.5 Å². The fourth-order valence-electron chi connectivity index (χ4n) is 2.96. The number of benzene rings is 2. The lowest BCUT2D eigenvalue weighted by molar-refractivity contribution is -0.184. The van der Waals surface area contributed by atoms with Crippen LogP contribution in [0.15, 0.2) is 48.5 Å². The molecule has 1 atom stereocenters. The average Bonchev–Trinajstić information content (AvgIpc) is 3.36. The van der Waals surface area contributed by atoms with E-state index in [0.29, 0.717) is 0 Å². The third kappa shape index (κ3) is 2.91. The third-order valence-electron chi connectivity index (χ3n) is 5.07. The molecule has 0 heterocycles. The number of rotatable bonds is 4. The summed E-state index contributed by atoms with van der Waals surface area (Å²) in [5.74, 6) is -0.320. The Morgan fingerprint density at radius 2 is 1.40 bits per heavy atom. The molecule has 3 rings (SSSR count). The fourth-order valence-corrected chi connectivity index (χ4v) is 2.96. The Bertz CT molecular complexity index is 789. The number of primary amides is 1. The predicted molar refractivity (Wildman–Crippen MR) is 89.6 cm³/mol. The molecule has 0 spiro atoms. The minimum absolute atomic E-state index is 0.00559. The van der Waals surface area contributed by atoms with Crippen LogP contribution in [0.5, 0.6) is 0 Å². The lowest BCUT2D eigenvalue weighted by Crippen LogP contribution is -2.47. The highest BCUT2D eigenvalue weighted by Crippen LogP contribution is 2.48. The molecule has 1 amide bonds. The molecule has 0 bridgehead atoms. The second-order valence-electron chi connectivity index (χ2n) is 6.80. The minimum Gasteiger partial charge on any atom is -0.369 e. The van der Waals surface area contributed by atoms with E-state index in [1.54, 1.807) is 12.1 Å². The molecule has 2 aromatic carbocycles. The van der Waals surface area contributed by atoms with Gasteiger partial charge in [-0.3, -0.25) is 4.79 Å². The van der Waals surface area contributed by atoms with Gasteiger partial charge in [0.1, 0.15) is 5.54 Å². The summed E-state index contributed by atoms with van der Waals surface area (Å²) < 4.78 is 39.0. The largest absolute Gasteiger partial charge is 0.410 e. The van der Waals surface area contributed by atoms with Gasteiger partial charge in [0.05, 0.1) is 5.41 Å². The van der Waals surface area contributed by atoms with E-state index in [1.807, 2.05) is 24.3 Å². The Labute approximate surface area is 143 Å². The highest BCUT2D eigenvalue weighted by molar-refractivity contribution is 5.90. The van der Waals surface area contributed by atoms with E-state index >= 15 is 0 Å². The van der Waals surface area contributed by atoms with Gasteiger partial charge in [0, 0.05) is 0 Å². The van der Waals surface area contributed by atoms with Crippen LogP contribution in [0.2, 0.25) is 0 Å². The van der Waals surface area contributed by atoms with E-state index in [1.165, 1.54) is 12.1 Å². The number of nitrogens with two attached hydrogens (primary N) is 2. The molecule has 0 aromatic heterocycles. The van der Waals surface area contributed by atoms with E-state index in [9.17, 15) is 18.0 Å². The van der Waals surface area contributed by atoms with Gasteiger partial charge >= 0.3 is 6.18 Å². The molecule has 1 fully saturated rings. The summed E-state index contributed by atoms with van der Waals surface area (Å²) >= 11 is 0. The second-order valence-corrected chi connectivity index (χ2v) is 6.80. The first-order valence-corrected chi connectivity index (χ1v) is 7.95. The highest BCUT2D eigenvalue weighted by Gasteiger charge is 2.50. The van der Waals surface area contributed by atoms with Gasteiger partial charge in [0.15, 0.2) is 0 Å². The highest BCUT2D eigenvalue weighted by atomic mass is 19.4. The Kier molecular flexibility index (Phi) is 3.91. The minimum atomic E-state index is -4.52. The third-order valence-corrected chi connectivity index (χ3v) is 5.07. The molecule has 0 saturated heterocycles. The Hall–Kier alpha value is -2.34. The van der Waals surface area contributed by atoms with Gasteiger partial charge in [-0.2, -0.15) is 13.2 Å². The molecule has 1 saturated carbocycles. The number of carbonyl (C=O) groups is 1. The monoisotopic (exact) mass is 348 g/mol. The molecule has 25 heavy (non-hydrogen) atoms. The maximum absolute atomic E-state index is 13.0. The Morgan fingerprint density at radius 3 is 1.76 bits per heavy atom. The normalized spacial score (nSPS) is 18.4. The van der Waals surface area contributed by atoms with Crippen molar-refractivity contribution in [3.63, 3.8) is 0 Å². The maximum atomic E-state index is 13.0. The number of hydrogen-bond acceptors (Lipinski definition) is 2. The molecule has 1 aliphatic carbocycles. The van der Waals surface area contributed by atoms with Crippen molar-refractivity contribution in [1.82, 2.24) is 0 Å². The SMILES string of the molecule is C[C@@](N)(c1ccc(-c2ccc(C3(C(N)=O)CC3)cc2)cc1)C(F)(F)F. The smallest absolute Gasteiger partial charge is 0.369 e. The average molecular weight is 348 g/mol. The zero-order valence-electron chi connectivity index (χ0n) is 13.7. The van der Waals surface area contributed by atoms with E-state index < -0.39 is 17.1 Å². The summed E-state index contributed by atoms with van der Waals surface area (Å²) in [6, 6.07) is 13.4. The van der Waals surface area contributed by atoms with Crippen molar-refractivity contribution >= 4 is 5.91 Å². The van der Waals surface area contributed by atoms with Crippen molar-refractivity contribution in [2.45, 2.75) is 36.9 Å². The first-order chi connectivity index (χ1) is 11.6. The Balaban J connectivity index is 1.85. The van der Waals surface area contributed by atoms with Crippen LogP contribution in [0.1, 0.15) is 30.9 Å². The molecule has 132 valence electrons. The quantitative estimate of drug-likeness (QED) is 0.886. The molecule has 0 radical (unpaired) electrons. The van der Waals surface area contributed by atoms with Gasteiger partial charge in [-0.1, -0.05) is 48.5 Å². The van der Waals surface area contributed by atoms with Gasteiger partial charge in [-0.15, -0.1) is 0 Å². The summed E-state index contributed by atoms with van der Waals surface area (Å²) in [6.45, 7) is 0.954. The number of hydrogen-bond donors (Lipinski definition) is 2. The van der Waals surface area contributed by atoms with Crippen LogP contribution < -0.4 is 11.5 Å². The van der Waals surface area contributed by atoms with Crippen LogP contribution >= 0.6 is 0 Å². The van der Waals surface area contributed by atoms with Crippen LogP contribution in [0.25, 0.3) is 11.1 Å². The van der Waals surface area contributed by atoms with Crippen molar-refractivity contribution in [2.75, 3.05) is 0 Å². The Morgan fingerprint density at radius 1 is 0.960 bits per heavy atom. The number of carbonyl (C=O) groups excluding carboxylic acids is 1. The fraction of sp³-hybridized carbons (Fsp3) is 0.316. The first kappa shape index (κ1) is 17.5. The van der Waals surface area contributed by atoms with Gasteiger partial charge in [-0.25, -0.2) is 0 Å². The number of halogens is 3. The van der Waals surface area contributed by atoms with Crippen LogP contribution in [-0.2, 0) is 15.7 Å². The number of amides is 1. The van der Waals surface area contributed by atoms with Crippen molar-refractivity contribution in [2.24, 2.45) is 11.5 Å². The topological polar surface area (TPSA) is 69.1 Å². The van der Waals surface area contributed by atoms with Crippen molar-refractivity contribution < 1.29 is 18.0 Å². The first-order valence-electron chi connectivity index (χ1n) is 7.95. The molecular formula is C19H19F3N2O. The molecule has 3 nitrogen and oxygen atoms in total. The molecule has 4 N–H and O–H groups in total. The van der Waals surface area contributed by atoms with Gasteiger partial charge in [0.25, 0.3) is 0 Å². The molecule has 2 aromatic rings. The van der Waals surface area contributed by atoms with E-state index in [0.717, 1.165) is 36.5 Å². The molecule has 6 heteroatoms. The van der Waals surface area contributed by atoms with Crippen molar-refractivity contribution in [3.05, 3.63) is 59.7 Å². The summed E-state index contributed by atoms with van der Waals surface area (Å²) in [7, 11) is 0. The molecule has 0 unspecified atom stereocenters. The van der Waals surface area contributed by atoms with Crippen molar-refractivity contribution in [3.8, 4) is 11.1 Å².